The lowest BCUT2D eigenvalue weighted by Crippen LogP contribution is -2.19. The highest BCUT2D eigenvalue weighted by Gasteiger charge is 2.13. The van der Waals surface area contributed by atoms with E-state index >= 15 is 0 Å². The SMILES string of the molecule is CC1CC=CC=C1C(N)=O.[HH]. The van der Waals surface area contributed by atoms with Crippen molar-refractivity contribution in [3.05, 3.63) is 23.8 Å². The van der Waals surface area contributed by atoms with E-state index in [1.54, 1.807) is 6.08 Å². The summed E-state index contributed by atoms with van der Waals surface area (Å²) in [5.74, 6) is -0.000602. The fourth-order valence-electron chi connectivity index (χ4n) is 1.07. The van der Waals surface area contributed by atoms with E-state index in [-0.39, 0.29) is 7.33 Å². The van der Waals surface area contributed by atoms with Gasteiger partial charge in [-0.15, -0.1) is 0 Å². The molecule has 0 spiro atoms. The first kappa shape index (κ1) is 7.06. The highest BCUT2D eigenvalue weighted by atomic mass is 16.1. The molecule has 0 saturated carbocycles. The summed E-state index contributed by atoms with van der Waals surface area (Å²) in [6, 6.07) is 0. The summed E-state index contributed by atoms with van der Waals surface area (Å²) < 4.78 is 0. The molecule has 0 saturated heterocycles. The topological polar surface area (TPSA) is 43.1 Å². The Morgan fingerprint density at radius 2 is 2.60 bits per heavy atom. The average molecular weight is 139 g/mol. The molecule has 1 atom stereocenters. The van der Waals surface area contributed by atoms with Crippen molar-refractivity contribution in [2.75, 3.05) is 0 Å². The van der Waals surface area contributed by atoms with Crippen molar-refractivity contribution in [2.45, 2.75) is 13.3 Å². The summed E-state index contributed by atoms with van der Waals surface area (Å²) >= 11 is 0. The zero-order chi connectivity index (χ0) is 7.56. The van der Waals surface area contributed by atoms with Crippen LogP contribution in [0.4, 0.5) is 0 Å². The molecule has 1 aliphatic carbocycles. The number of carbonyl (C=O) groups excluding carboxylic acids is 1. The van der Waals surface area contributed by atoms with Crippen molar-refractivity contribution < 1.29 is 6.22 Å². The van der Waals surface area contributed by atoms with Crippen LogP contribution in [0.5, 0.6) is 0 Å². The molecule has 0 bridgehead atoms. The van der Waals surface area contributed by atoms with Crippen LogP contribution in [0.3, 0.4) is 0 Å². The van der Waals surface area contributed by atoms with Gasteiger partial charge in [0.2, 0.25) is 5.91 Å². The molecule has 56 valence electrons. The molecule has 10 heavy (non-hydrogen) atoms. The van der Waals surface area contributed by atoms with E-state index in [2.05, 4.69) is 0 Å². The molecule has 0 fully saturated rings. The third kappa shape index (κ3) is 1.26. The number of rotatable bonds is 1. The smallest absolute Gasteiger partial charge is 0.244 e. The van der Waals surface area contributed by atoms with Crippen LogP contribution in [0.2, 0.25) is 0 Å². The van der Waals surface area contributed by atoms with Crippen molar-refractivity contribution in [1.29, 1.82) is 0 Å². The Kier molecular flexibility index (Phi) is 1.90. The predicted octanol–water partition coefficient (Wildman–Crippen LogP) is 1.24. The maximum Gasteiger partial charge on any atom is 0.244 e. The van der Waals surface area contributed by atoms with Crippen molar-refractivity contribution >= 4 is 5.91 Å². The lowest BCUT2D eigenvalue weighted by atomic mass is 9.93. The number of nitrogens with two attached hydrogens (primary N) is 1. The van der Waals surface area contributed by atoms with Crippen molar-refractivity contribution in [1.82, 2.24) is 0 Å². The molecule has 0 aliphatic heterocycles. The highest BCUT2D eigenvalue weighted by Crippen LogP contribution is 2.18. The van der Waals surface area contributed by atoms with Crippen molar-refractivity contribution in [2.24, 2.45) is 11.7 Å². The average Bonchev–Trinajstić information content (AvgIpc) is 1.88. The van der Waals surface area contributed by atoms with E-state index in [1.807, 2.05) is 19.1 Å². The fourth-order valence-corrected chi connectivity index (χ4v) is 1.07. The number of hydrogen-bond donors (Lipinski definition) is 1. The maximum atomic E-state index is 10.7. The Morgan fingerprint density at radius 3 is 3.00 bits per heavy atom. The normalized spacial score (nSPS) is 24.1. The van der Waals surface area contributed by atoms with Gasteiger partial charge in [-0.2, -0.15) is 0 Å². The van der Waals surface area contributed by atoms with Gasteiger partial charge in [-0.25, -0.2) is 0 Å². The number of hydrogen-bond acceptors (Lipinski definition) is 1. The fraction of sp³-hybridized carbons (Fsp3) is 0.375. The van der Waals surface area contributed by atoms with Crippen LogP contribution < -0.4 is 5.73 Å². The first-order valence-corrected chi connectivity index (χ1v) is 3.38. The molecule has 2 heteroatoms. The first-order valence-electron chi connectivity index (χ1n) is 3.38. The molecule has 1 rings (SSSR count). The molecular weight excluding hydrogens is 126 g/mol. The lowest BCUT2D eigenvalue weighted by molar-refractivity contribution is -0.115. The van der Waals surface area contributed by atoms with Crippen LogP contribution in [0.1, 0.15) is 14.8 Å². The summed E-state index contributed by atoms with van der Waals surface area (Å²) in [7, 11) is 0. The third-order valence-electron chi connectivity index (χ3n) is 1.72. The third-order valence-corrected chi connectivity index (χ3v) is 1.72. The summed E-state index contributed by atoms with van der Waals surface area (Å²) in [6.45, 7) is 2.00. The van der Waals surface area contributed by atoms with Gasteiger partial charge < -0.3 is 5.73 Å². The standard InChI is InChI=1S/C8H11NO.H2/c1-6-4-2-3-5-7(6)8(9)10;/h2-3,5-6H,4H2,1H3,(H2,9,10);1H. The molecule has 1 amide bonds. The zero-order valence-corrected chi connectivity index (χ0v) is 6.00. The number of amides is 1. The molecule has 0 radical (unpaired) electrons. The minimum Gasteiger partial charge on any atom is -0.366 e. The molecule has 0 aromatic rings. The molecular formula is C8H13NO. The largest absolute Gasteiger partial charge is 0.366 e. The van der Waals surface area contributed by atoms with Gasteiger partial charge in [-0.05, 0) is 12.3 Å². The van der Waals surface area contributed by atoms with Gasteiger partial charge in [0.05, 0.1) is 0 Å². The predicted molar refractivity (Wildman–Crippen MR) is 42.3 cm³/mol. The van der Waals surface area contributed by atoms with Gasteiger partial charge in [0, 0.05) is 7.00 Å². The Labute approximate surface area is 61.9 Å². The van der Waals surface area contributed by atoms with Crippen LogP contribution in [0, 0.1) is 5.92 Å². The van der Waals surface area contributed by atoms with Crippen molar-refractivity contribution in [3.63, 3.8) is 0 Å². The number of carbonyl (C=O) groups is 1. The molecule has 2 N–H and O–H groups in total. The van der Waals surface area contributed by atoms with E-state index in [9.17, 15) is 4.79 Å². The minimum absolute atomic E-state index is 0. The summed E-state index contributed by atoms with van der Waals surface area (Å²) in [6.07, 6.45) is 6.63. The summed E-state index contributed by atoms with van der Waals surface area (Å²) in [5.41, 5.74) is 5.85. The maximum absolute atomic E-state index is 10.7. The molecule has 2 nitrogen and oxygen atoms in total. The quantitative estimate of drug-likeness (QED) is 0.583. The molecule has 0 aromatic heterocycles. The van der Waals surface area contributed by atoms with E-state index in [0.717, 1.165) is 12.0 Å². The van der Waals surface area contributed by atoms with Crippen LogP contribution in [-0.2, 0) is 4.79 Å². The van der Waals surface area contributed by atoms with Crippen LogP contribution in [-0.4, -0.2) is 5.91 Å². The Balaban J connectivity index is 0.000001000. The van der Waals surface area contributed by atoms with Gasteiger partial charge >= 0.3 is 0 Å². The zero-order valence-electron chi connectivity index (χ0n) is 6.00. The summed E-state index contributed by atoms with van der Waals surface area (Å²) in [4.78, 5) is 10.7. The van der Waals surface area contributed by atoms with Crippen LogP contribution in [0.25, 0.3) is 0 Å². The van der Waals surface area contributed by atoms with Crippen molar-refractivity contribution in [3.8, 4) is 0 Å². The number of primary amides is 1. The van der Waals surface area contributed by atoms with Gasteiger partial charge in [-0.1, -0.05) is 25.2 Å². The second-order valence-electron chi connectivity index (χ2n) is 2.55. The van der Waals surface area contributed by atoms with Crippen LogP contribution >= 0.6 is 0 Å². The van der Waals surface area contributed by atoms with Gasteiger partial charge in [0.1, 0.15) is 0 Å². The lowest BCUT2D eigenvalue weighted by Gasteiger charge is -2.12. The molecule has 0 heterocycles. The Hall–Kier alpha value is -1.05. The number of allylic oxidation sites excluding steroid dienone is 3. The Morgan fingerprint density at radius 1 is 1.90 bits per heavy atom. The second-order valence-corrected chi connectivity index (χ2v) is 2.55. The minimum atomic E-state index is -0.295. The molecule has 0 aromatic carbocycles. The first-order chi connectivity index (χ1) is 4.72. The van der Waals surface area contributed by atoms with E-state index in [4.69, 9.17) is 5.73 Å². The van der Waals surface area contributed by atoms with E-state index < -0.39 is 0 Å². The van der Waals surface area contributed by atoms with Gasteiger partial charge in [0.15, 0.2) is 0 Å². The monoisotopic (exact) mass is 139 g/mol. The summed E-state index contributed by atoms with van der Waals surface area (Å²) in [5, 5.41) is 0. The Bertz CT molecular complexity index is 208. The van der Waals surface area contributed by atoms with E-state index in [1.165, 1.54) is 0 Å². The molecule has 1 aliphatic rings. The van der Waals surface area contributed by atoms with E-state index in [0.29, 0.717) is 5.92 Å². The van der Waals surface area contributed by atoms with Crippen LogP contribution in [0.15, 0.2) is 23.8 Å². The highest BCUT2D eigenvalue weighted by molar-refractivity contribution is 5.92. The molecule has 1 unspecified atom stereocenters. The van der Waals surface area contributed by atoms with Gasteiger partial charge in [0.25, 0.3) is 0 Å². The second kappa shape index (κ2) is 2.69. The van der Waals surface area contributed by atoms with Gasteiger partial charge in [-0.3, -0.25) is 4.79 Å².